The summed E-state index contributed by atoms with van der Waals surface area (Å²) >= 11 is 0. The molecule has 6 nitrogen and oxygen atoms in total. The number of rotatable bonds is 1. The monoisotopic (exact) mass is 243 g/mol. The van der Waals surface area contributed by atoms with E-state index in [9.17, 15) is 4.79 Å². The van der Waals surface area contributed by atoms with Crippen LogP contribution in [-0.2, 0) is 7.05 Å². The summed E-state index contributed by atoms with van der Waals surface area (Å²) in [5.41, 5.74) is 8.80. The highest BCUT2D eigenvalue weighted by Gasteiger charge is 2.17. The summed E-state index contributed by atoms with van der Waals surface area (Å²) in [6.45, 7) is 1.90. The van der Waals surface area contributed by atoms with E-state index in [2.05, 4.69) is 9.97 Å². The molecule has 0 aliphatic rings. The molecular formula is C12H13N5O. The van der Waals surface area contributed by atoms with Gasteiger partial charge >= 0.3 is 5.69 Å². The number of hydrogen-bond donors (Lipinski definition) is 2. The molecule has 3 N–H and O–H groups in total. The van der Waals surface area contributed by atoms with E-state index in [1.165, 1.54) is 4.57 Å². The Hall–Kier alpha value is -2.50. The third kappa shape index (κ3) is 1.29. The van der Waals surface area contributed by atoms with Crippen LogP contribution in [0.4, 0.5) is 5.82 Å². The predicted octanol–water partition coefficient (Wildman–Crippen LogP) is 0.919. The number of anilines is 1. The van der Waals surface area contributed by atoms with Crippen molar-refractivity contribution in [2.24, 2.45) is 7.05 Å². The molecule has 0 radical (unpaired) electrons. The van der Waals surface area contributed by atoms with E-state index in [4.69, 9.17) is 5.73 Å². The highest BCUT2D eigenvalue weighted by molar-refractivity contribution is 5.72. The quantitative estimate of drug-likeness (QED) is 0.666. The molecule has 3 aromatic heterocycles. The Balaban J connectivity index is 2.41. The number of aromatic amines is 1. The number of nitrogens with one attached hydrogen (secondary N) is 1. The number of fused-ring (bicyclic) bond motifs is 1. The molecular weight excluding hydrogens is 230 g/mol. The van der Waals surface area contributed by atoms with E-state index < -0.39 is 0 Å². The number of H-pyrrole nitrogens is 1. The standard InChI is InChI=1S/C12H13N5O/c1-7-10(9-11(13)16(2)12(18)15-9)17-6-4-3-5-8(17)14-7/h3-6H,13H2,1-2H3,(H,15,18). The lowest BCUT2D eigenvalue weighted by Crippen LogP contribution is -2.13. The molecule has 18 heavy (non-hydrogen) atoms. The first-order valence-electron chi connectivity index (χ1n) is 5.58. The first-order chi connectivity index (χ1) is 8.59. The molecule has 0 aromatic carbocycles. The average molecular weight is 243 g/mol. The van der Waals surface area contributed by atoms with Gasteiger partial charge in [-0.3, -0.25) is 8.97 Å². The lowest BCUT2D eigenvalue weighted by Gasteiger charge is -2.02. The third-order valence-corrected chi connectivity index (χ3v) is 3.10. The molecule has 0 unspecified atom stereocenters. The summed E-state index contributed by atoms with van der Waals surface area (Å²) < 4.78 is 3.30. The molecule has 6 heteroatoms. The van der Waals surface area contributed by atoms with Gasteiger partial charge in [-0.05, 0) is 19.1 Å². The second kappa shape index (κ2) is 3.49. The van der Waals surface area contributed by atoms with Crippen LogP contribution >= 0.6 is 0 Å². The van der Waals surface area contributed by atoms with Gasteiger partial charge in [-0.2, -0.15) is 0 Å². The Kier molecular flexibility index (Phi) is 2.07. The first kappa shape index (κ1) is 10.6. The fourth-order valence-electron chi connectivity index (χ4n) is 2.13. The Bertz CT molecular complexity index is 793. The van der Waals surface area contributed by atoms with E-state index >= 15 is 0 Å². The Labute approximate surface area is 103 Å². The third-order valence-electron chi connectivity index (χ3n) is 3.10. The van der Waals surface area contributed by atoms with E-state index in [1.54, 1.807) is 7.05 Å². The van der Waals surface area contributed by atoms with Crippen LogP contribution in [0.1, 0.15) is 5.69 Å². The van der Waals surface area contributed by atoms with Gasteiger partial charge in [-0.25, -0.2) is 9.78 Å². The zero-order valence-electron chi connectivity index (χ0n) is 10.1. The summed E-state index contributed by atoms with van der Waals surface area (Å²) in [6.07, 6.45) is 1.90. The number of imidazole rings is 2. The van der Waals surface area contributed by atoms with Crippen LogP contribution in [0, 0.1) is 6.92 Å². The summed E-state index contributed by atoms with van der Waals surface area (Å²) in [4.78, 5) is 18.8. The molecule has 0 atom stereocenters. The molecule has 0 saturated heterocycles. The van der Waals surface area contributed by atoms with Crippen LogP contribution in [0.25, 0.3) is 17.0 Å². The van der Waals surface area contributed by atoms with Gasteiger partial charge in [0.1, 0.15) is 17.2 Å². The molecule has 92 valence electrons. The zero-order valence-corrected chi connectivity index (χ0v) is 10.1. The van der Waals surface area contributed by atoms with Crippen molar-refractivity contribution in [2.45, 2.75) is 6.92 Å². The first-order valence-corrected chi connectivity index (χ1v) is 5.58. The number of pyridine rings is 1. The fraction of sp³-hybridized carbons (Fsp3) is 0.167. The summed E-state index contributed by atoms with van der Waals surface area (Å²) in [5.74, 6) is 0.411. The van der Waals surface area contributed by atoms with Crippen molar-refractivity contribution in [1.82, 2.24) is 18.9 Å². The summed E-state index contributed by atoms with van der Waals surface area (Å²) in [6, 6.07) is 5.74. The highest BCUT2D eigenvalue weighted by Crippen LogP contribution is 2.26. The smallest absolute Gasteiger partial charge is 0.327 e. The molecule has 3 rings (SSSR count). The summed E-state index contributed by atoms with van der Waals surface area (Å²) in [7, 11) is 1.64. The van der Waals surface area contributed by atoms with Gasteiger partial charge in [0.2, 0.25) is 0 Å². The molecule has 0 fully saturated rings. The maximum atomic E-state index is 11.6. The molecule has 0 spiro atoms. The lowest BCUT2D eigenvalue weighted by molar-refractivity contribution is 0.873. The van der Waals surface area contributed by atoms with Crippen LogP contribution < -0.4 is 11.4 Å². The van der Waals surface area contributed by atoms with Gasteiger partial charge in [0, 0.05) is 13.2 Å². The van der Waals surface area contributed by atoms with Gasteiger partial charge in [0.05, 0.1) is 11.4 Å². The molecule has 0 bridgehead atoms. The number of nitrogens with two attached hydrogens (primary N) is 1. The fourth-order valence-corrected chi connectivity index (χ4v) is 2.13. The topological polar surface area (TPSA) is 81.1 Å². The van der Waals surface area contributed by atoms with Gasteiger partial charge in [0.15, 0.2) is 0 Å². The second-order valence-electron chi connectivity index (χ2n) is 4.22. The van der Waals surface area contributed by atoms with Crippen LogP contribution in [0.15, 0.2) is 29.2 Å². The van der Waals surface area contributed by atoms with Gasteiger partial charge < -0.3 is 10.7 Å². The second-order valence-corrected chi connectivity index (χ2v) is 4.22. The van der Waals surface area contributed by atoms with E-state index in [0.29, 0.717) is 11.5 Å². The molecule has 0 saturated carbocycles. The van der Waals surface area contributed by atoms with Crippen molar-refractivity contribution in [3.8, 4) is 11.4 Å². The molecule has 3 heterocycles. The maximum absolute atomic E-state index is 11.6. The van der Waals surface area contributed by atoms with Crippen molar-refractivity contribution in [2.75, 3.05) is 5.73 Å². The van der Waals surface area contributed by atoms with Crippen LogP contribution in [0.3, 0.4) is 0 Å². The predicted molar refractivity (Wildman–Crippen MR) is 69.4 cm³/mol. The van der Waals surface area contributed by atoms with Crippen molar-refractivity contribution < 1.29 is 0 Å². The largest absolute Gasteiger partial charge is 0.383 e. The van der Waals surface area contributed by atoms with Crippen LogP contribution in [0.5, 0.6) is 0 Å². The van der Waals surface area contributed by atoms with E-state index in [0.717, 1.165) is 17.0 Å². The minimum atomic E-state index is -0.229. The molecule has 3 aromatic rings. The Morgan fingerprint density at radius 2 is 2.17 bits per heavy atom. The molecule has 0 amide bonds. The van der Waals surface area contributed by atoms with Gasteiger partial charge in [-0.1, -0.05) is 6.07 Å². The SMILES string of the molecule is Cc1nc2ccccn2c1-c1[nH]c(=O)n(C)c1N. The van der Waals surface area contributed by atoms with Crippen molar-refractivity contribution in [1.29, 1.82) is 0 Å². The Morgan fingerprint density at radius 3 is 2.83 bits per heavy atom. The number of aryl methyl sites for hydroxylation is 1. The minimum absolute atomic E-state index is 0.229. The zero-order chi connectivity index (χ0) is 12.9. The van der Waals surface area contributed by atoms with Crippen molar-refractivity contribution >= 4 is 11.5 Å². The van der Waals surface area contributed by atoms with Crippen molar-refractivity contribution in [3.05, 3.63) is 40.6 Å². The minimum Gasteiger partial charge on any atom is -0.383 e. The van der Waals surface area contributed by atoms with Gasteiger partial charge in [-0.15, -0.1) is 0 Å². The summed E-state index contributed by atoms with van der Waals surface area (Å²) in [5, 5.41) is 0. The van der Waals surface area contributed by atoms with Crippen molar-refractivity contribution in [3.63, 3.8) is 0 Å². The van der Waals surface area contributed by atoms with E-state index in [1.807, 2.05) is 35.7 Å². The number of aromatic nitrogens is 4. The highest BCUT2D eigenvalue weighted by atomic mass is 16.1. The number of hydrogen-bond acceptors (Lipinski definition) is 3. The number of nitrogen functional groups attached to an aromatic ring is 1. The Morgan fingerprint density at radius 1 is 1.39 bits per heavy atom. The average Bonchev–Trinajstić information content (AvgIpc) is 2.80. The maximum Gasteiger partial charge on any atom is 0.327 e. The lowest BCUT2D eigenvalue weighted by atomic mass is 10.2. The van der Waals surface area contributed by atoms with E-state index in [-0.39, 0.29) is 5.69 Å². The van der Waals surface area contributed by atoms with Crippen LogP contribution in [0.2, 0.25) is 0 Å². The molecule has 0 aliphatic heterocycles. The number of nitrogens with zero attached hydrogens (tertiary/aromatic N) is 3. The molecule has 0 aliphatic carbocycles. The van der Waals surface area contributed by atoms with Crippen LogP contribution in [-0.4, -0.2) is 18.9 Å². The normalized spacial score (nSPS) is 11.2. The van der Waals surface area contributed by atoms with Gasteiger partial charge in [0.25, 0.3) is 0 Å².